The van der Waals surface area contributed by atoms with Crippen molar-refractivity contribution in [1.82, 2.24) is 14.5 Å². The number of primary amides is 1. The van der Waals surface area contributed by atoms with Gasteiger partial charge in [0.15, 0.2) is 0 Å². The first-order chi connectivity index (χ1) is 15.9. The lowest BCUT2D eigenvalue weighted by atomic mass is 10.1. The number of benzene rings is 2. The van der Waals surface area contributed by atoms with Crippen LogP contribution in [0.3, 0.4) is 0 Å². The van der Waals surface area contributed by atoms with Crippen molar-refractivity contribution in [3.8, 4) is 11.1 Å². The van der Waals surface area contributed by atoms with Crippen molar-refractivity contribution in [2.24, 2.45) is 5.73 Å². The number of halogens is 1. The van der Waals surface area contributed by atoms with Crippen LogP contribution in [0.4, 0.5) is 4.39 Å². The molecule has 0 bridgehead atoms. The predicted octanol–water partition coefficient (Wildman–Crippen LogP) is 3.17. The molecule has 2 heterocycles. The molecule has 33 heavy (non-hydrogen) atoms. The minimum absolute atomic E-state index is 0.0179. The van der Waals surface area contributed by atoms with E-state index in [1.165, 1.54) is 39.3 Å². The lowest BCUT2D eigenvalue weighted by Gasteiger charge is -2.23. The Kier molecular flexibility index (Phi) is 6.60. The highest BCUT2D eigenvalue weighted by Gasteiger charge is 2.19. The van der Waals surface area contributed by atoms with E-state index < -0.39 is 5.91 Å². The minimum Gasteiger partial charge on any atom is -0.370 e. The number of carbonyl (C=O) groups is 2. The zero-order valence-corrected chi connectivity index (χ0v) is 18.4. The SMILES string of the molecule is NC(=O)CCN(Cc1ccccc1)C(=O)Cn1cnc2scc(-c3ccc(F)cc3)c2c1=O. The lowest BCUT2D eigenvalue weighted by molar-refractivity contribution is -0.133. The summed E-state index contributed by atoms with van der Waals surface area (Å²) < 4.78 is 14.6. The molecule has 0 saturated carbocycles. The third-order valence-electron chi connectivity index (χ3n) is 5.22. The molecular weight excluding hydrogens is 443 g/mol. The van der Waals surface area contributed by atoms with E-state index in [0.717, 1.165) is 5.56 Å². The van der Waals surface area contributed by atoms with Gasteiger partial charge >= 0.3 is 0 Å². The molecule has 2 N–H and O–H groups in total. The number of hydrogen-bond acceptors (Lipinski definition) is 5. The smallest absolute Gasteiger partial charge is 0.263 e. The second-order valence-corrected chi connectivity index (χ2v) is 8.39. The number of nitrogens with two attached hydrogens (primary N) is 1. The topological polar surface area (TPSA) is 98.3 Å². The van der Waals surface area contributed by atoms with Crippen LogP contribution in [0.5, 0.6) is 0 Å². The largest absolute Gasteiger partial charge is 0.370 e. The van der Waals surface area contributed by atoms with Crippen LogP contribution in [0, 0.1) is 5.82 Å². The molecule has 0 unspecified atom stereocenters. The fourth-order valence-electron chi connectivity index (χ4n) is 3.51. The zero-order chi connectivity index (χ0) is 23.4. The van der Waals surface area contributed by atoms with Gasteiger partial charge in [-0.15, -0.1) is 11.3 Å². The van der Waals surface area contributed by atoms with Crippen LogP contribution in [-0.4, -0.2) is 32.8 Å². The highest BCUT2D eigenvalue weighted by atomic mass is 32.1. The number of fused-ring (bicyclic) bond motifs is 1. The first kappa shape index (κ1) is 22.3. The molecule has 0 fully saturated rings. The summed E-state index contributed by atoms with van der Waals surface area (Å²) in [7, 11) is 0. The van der Waals surface area contributed by atoms with Gasteiger partial charge in [0.2, 0.25) is 11.8 Å². The Morgan fingerprint density at radius 3 is 2.52 bits per heavy atom. The molecule has 7 nitrogen and oxygen atoms in total. The third-order valence-corrected chi connectivity index (χ3v) is 6.10. The Hall–Kier alpha value is -3.85. The van der Waals surface area contributed by atoms with Crippen LogP contribution in [-0.2, 0) is 22.7 Å². The highest BCUT2D eigenvalue weighted by molar-refractivity contribution is 7.17. The fraction of sp³-hybridized carbons (Fsp3) is 0.167. The zero-order valence-electron chi connectivity index (χ0n) is 17.6. The van der Waals surface area contributed by atoms with E-state index in [-0.39, 0.29) is 43.3 Å². The summed E-state index contributed by atoms with van der Waals surface area (Å²) in [6.45, 7) is 0.204. The maximum absolute atomic E-state index is 13.3. The molecule has 0 saturated heterocycles. The molecular formula is C24H21FN4O3S. The summed E-state index contributed by atoms with van der Waals surface area (Å²) >= 11 is 1.31. The van der Waals surface area contributed by atoms with Gasteiger partial charge in [-0.1, -0.05) is 42.5 Å². The first-order valence-corrected chi connectivity index (χ1v) is 11.1. The Morgan fingerprint density at radius 1 is 1.09 bits per heavy atom. The van der Waals surface area contributed by atoms with Gasteiger partial charge in [-0.3, -0.25) is 19.0 Å². The molecule has 0 atom stereocenters. The summed E-state index contributed by atoms with van der Waals surface area (Å²) in [4.78, 5) is 44.0. The second kappa shape index (κ2) is 9.74. The molecule has 0 radical (unpaired) electrons. The number of amides is 2. The Balaban J connectivity index is 1.63. The highest BCUT2D eigenvalue weighted by Crippen LogP contribution is 2.30. The van der Waals surface area contributed by atoms with Crippen molar-refractivity contribution in [3.63, 3.8) is 0 Å². The second-order valence-electron chi connectivity index (χ2n) is 7.53. The summed E-state index contributed by atoms with van der Waals surface area (Å²) in [6, 6.07) is 15.2. The van der Waals surface area contributed by atoms with Crippen LogP contribution in [0.1, 0.15) is 12.0 Å². The molecule has 0 aliphatic heterocycles. The monoisotopic (exact) mass is 464 g/mol. The molecule has 9 heteroatoms. The molecule has 0 aliphatic rings. The number of thiophene rings is 1. The molecule has 168 valence electrons. The van der Waals surface area contributed by atoms with E-state index in [1.54, 1.807) is 17.5 Å². The van der Waals surface area contributed by atoms with E-state index in [4.69, 9.17) is 5.73 Å². The Bertz CT molecular complexity index is 1350. The normalized spacial score (nSPS) is 10.9. The molecule has 4 rings (SSSR count). The number of nitrogens with zero attached hydrogens (tertiary/aromatic N) is 3. The Morgan fingerprint density at radius 2 is 1.82 bits per heavy atom. The average Bonchev–Trinajstić information content (AvgIpc) is 3.24. The van der Waals surface area contributed by atoms with Gasteiger partial charge in [-0.25, -0.2) is 9.37 Å². The summed E-state index contributed by atoms with van der Waals surface area (Å²) in [6.07, 6.45) is 1.37. The van der Waals surface area contributed by atoms with Gasteiger partial charge in [-0.2, -0.15) is 0 Å². The van der Waals surface area contributed by atoms with Gasteiger partial charge < -0.3 is 10.6 Å². The van der Waals surface area contributed by atoms with Gasteiger partial charge in [0.25, 0.3) is 5.56 Å². The summed E-state index contributed by atoms with van der Waals surface area (Å²) in [5, 5.41) is 2.18. The van der Waals surface area contributed by atoms with E-state index in [0.29, 0.717) is 21.3 Å². The summed E-state index contributed by atoms with van der Waals surface area (Å²) in [5.74, 6) is -1.21. The molecule has 2 aromatic heterocycles. The fourth-order valence-corrected chi connectivity index (χ4v) is 4.42. The lowest BCUT2D eigenvalue weighted by Crippen LogP contribution is -2.38. The number of aromatic nitrogens is 2. The van der Waals surface area contributed by atoms with Crippen molar-refractivity contribution >= 4 is 33.4 Å². The first-order valence-electron chi connectivity index (χ1n) is 10.2. The quantitative estimate of drug-likeness (QED) is 0.433. The standard InChI is InChI=1S/C24H21FN4O3S/c25-18-8-6-17(7-9-18)19-14-33-23-22(19)24(32)29(15-27-23)13-21(31)28(11-10-20(26)30)12-16-4-2-1-3-5-16/h1-9,14-15H,10-13H2,(H2,26,30). The van der Waals surface area contributed by atoms with Gasteiger partial charge in [-0.05, 0) is 23.3 Å². The van der Waals surface area contributed by atoms with Gasteiger partial charge in [0.05, 0.1) is 11.7 Å². The van der Waals surface area contributed by atoms with E-state index in [1.807, 2.05) is 30.3 Å². The van der Waals surface area contributed by atoms with Crippen LogP contribution in [0.2, 0.25) is 0 Å². The van der Waals surface area contributed by atoms with Crippen molar-refractivity contribution in [3.05, 3.63) is 88.0 Å². The molecule has 2 amide bonds. The van der Waals surface area contributed by atoms with Crippen molar-refractivity contribution < 1.29 is 14.0 Å². The van der Waals surface area contributed by atoms with Crippen molar-refractivity contribution in [1.29, 1.82) is 0 Å². The third kappa shape index (κ3) is 5.15. The predicted molar refractivity (Wildman–Crippen MR) is 125 cm³/mol. The van der Waals surface area contributed by atoms with Crippen LogP contribution < -0.4 is 11.3 Å². The average molecular weight is 465 g/mol. The van der Waals surface area contributed by atoms with Gasteiger partial charge in [0, 0.05) is 30.5 Å². The molecule has 4 aromatic rings. The molecule has 0 aliphatic carbocycles. The van der Waals surface area contributed by atoms with E-state index >= 15 is 0 Å². The van der Waals surface area contributed by atoms with E-state index in [9.17, 15) is 18.8 Å². The minimum atomic E-state index is -0.511. The van der Waals surface area contributed by atoms with Crippen LogP contribution >= 0.6 is 11.3 Å². The number of rotatable bonds is 8. The van der Waals surface area contributed by atoms with Crippen molar-refractivity contribution in [2.75, 3.05) is 6.54 Å². The van der Waals surface area contributed by atoms with Crippen LogP contribution in [0.15, 0.2) is 71.1 Å². The maximum atomic E-state index is 13.3. The van der Waals surface area contributed by atoms with Crippen molar-refractivity contribution in [2.45, 2.75) is 19.5 Å². The molecule has 2 aromatic carbocycles. The Labute approximate surface area is 192 Å². The maximum Gasteiger partial charge on any atom is 0.263 e. The van der Waals surface area contributed by atoms with Crippen LogP contribution in [0.25, 0.3) is 21.3 Å². The number of hydrogen-bond donors (Lipinski definition) is 1. The van der Waals surface area contributed by atoms with E-state index in [2.05, 4.69) is 4.98 Å². The summed E-state index contributed by atoms with van der Waals surface area (Å²) in [5.41, 5.74) is 7.15. The molecule has 0 spiro atoms. The number of carbonyl (C=O) groups excluding carboxylic acids is 2. The van der Waals surface area contributed by atoms with Gasteiger partial charge in [0.1, 0.15) is 17.2 Å².